The summed E-state index contributed by atoms with van der Waals surface area (Å²) in [6.07, 6.45) is 10.8. The minimum Gasteiger partial charge on any atom is -0.311 e. The summed E-state index contributed by atoms with van der Waals surface area (Å²) in [5, 5.41) is 8.20. The molecule has 4 nitrogen and oxygen atoms in total. The van der Waals surface area contributed by atoms with Crippen LogP contribution in [0.4, 0.5) is 0 Å². The minimum absolute atomic E-state index is 0.431. The Bertz CT molecular complexity index is 420. The van der Waals surface area contributed by atoms with Crippen LogP contribution in [0.1, 0.15) is 46.0 Å². The van der Waals surface area contributed by atoms with Gasteiger partial charge in [-0.1, -0.05) is 26.7 Å². The summed E-state index contributed by atoms with van der Waals surface area (Å²) in [5.41, 5.74) is 0.431. The number of piperazine rings is 1. The van der Waals surface area contributed by atoms with Crippen LogP contribution >= 0.6 is 0 Å². The Hall–Kier alpha value is -0.870. The Labute approximate surface area is 128 Å². The van der Waals surface area contributed by atoms with E-state index < -0.39 is 0 Å². The van der Waals surface area contributed by atoms with Crippen molar-refractivity contribution < 1.29 is 0 Å². The molecule has 0 radical (unpaired) electrons. The topological polar surface area (TPSA) is 33.1 Å². The van der Waals surface area contributed by atoms with Crippen molar-refractivity contribution in [1.82, 2.24) is 20.0 Å². The van der Waals surface area contributed by atoms with E-state index in [9.17, 15) is 0 Å². The summed E-state index contributed by atoms with van der Waals surface area (Å²) < 4.78 is 2.07. The van der Waals surface area contributed by atoms with Gasteiger partial charge in [-0.3, -0.25) is 9.58 Å². The molecule has 0 aromatic carbocycles. The third kappa shape index (κ3) is 3.49. The van der Waals surface area contributed by atoms with Crippen molar-refractivity contribution in [2.75, 3.05) is 19.6 Å². The number of aromatic nitrogens is 2. The maximum absolute atomic E-state index is 4.36. The number of nitrogens with zero attached hydrogens (tertiary/aromatic N) is 3. The lowest BCUT2D eigenvalue weighted by Crippen LogP contribution is -2.64. The van der Waals surface area contributed by atoms with Crippen molar-refractivity contribution in [2.45, 2.75) is 64.1 Å². The number of nitrogens with one attached hydrogen (secondary N) is 1. The maximum atomic E-state index is 4.36. The smallest absolute Gasteiger partial charge is 0.0536 e. The largest absolute Gasteiger partial charge is 0.311 e. The van der Waals surface area contributed by atoms with Crippen molar-refractivity contribution >= 4 is 0 Å². The molecule has 118 valence electrons. The van der Waals surface area contributed by atoms with Crippen LogP contribution in [0.15, 0.2) is 18.5 Å². The second-order valence-corrected chi connectivity index (χ2v) is 7.35. The molecule has 2 aliphatic rings. The zero-order valence-electron chi connectivity index (χ0n) is 13.6. The van der Waals surface area contributed by atoms with E-state index in [0.717, 1.165) is 19.0 Å². The molecule has 2 heterocycles. The van der Waals surface area contributed by atoms with Crippen molar-refractivity contribution in [3.63, 3.8) is 0 Å². The summed E-state index contributed by atoms with van der Waals surface area (Å²) in [5.74, 6) is 0.771. The van der Waals surface area contributed by atoms with Gasteiger partial charge < -0.3 is 5.32 Å². The van der Waals surface area contributed by atoms with Crippen LogP contribution in [0.5, 0.6) is 0 Å². The first-order chi connectivity index (χ1) is 10.2. The van der Waals surface area contributed by atoms with Crippen LogP contribution in [-0.2, 0) is 6.54 Å². The third-order valence-corrected chi connectivity index (χ3v) is 5.28. The molecular weight excluding hydrogens is 260 g/mol. The van der Waals surface area contributed by atoms with Gasteiger partial charge in [0.2, 0.25) is 0 Å². The summed E-state index contributed by atoms with van der Waals surface area (Å²) >= 11 is 0. The molecule has 1 saturated carbocycles. The molecule has 3 rings (SSSR count). The van der Waals surface area contributed by atoms with Gasteiger partial charge in [-0.2, -0.15) is 5.10 Å². The Morgan fingerprint density at radius 1 is 1.29 bits per heavy atom. The molecule has 1 aliphatic heterocycles. The van der Waals surface area contributed by atoms with Crippen LogP contribution in [0.25, 0.3) is 0 Å². The van der Waals surface area contributed by atoms with Gasteiger partial charge in [-0.25, -0.2) is 0 Å². The molecule has 1 saturated heterocycles. The average molecular weight is 290 g/mol. The summed E-state index contributed by atoms with van der Waals surface area (Å²) in [4.78, 5) is 2.78. The van der Waals surface area contributed by atoms with Gasteiger partial charge >= 0.3 is 0 Å². The zero-order chi connectivity index (χ0) is 14.7. The van der Waals surface area contributed by atoms with E-state index in [1.54, 1.807) is 0 Å². The molecule has 1 aliphatic carbocycles. The predicted molar refractivity (Wildman–Crippen MR) is 86.2 cm³/mol. The van der Waals surface area contributed by atoms with Gasteiger partial charge in [-0.15, -0.1) is 0 Å². The summed E-state index contributed by atoms with van der Waals surface area (Å²) in [6.45, 7) is 9.20. The van der Waals surface area contributed by atoms with E-state index in [1.807, 2.05) is 12.3 Å². The molecule has 1 unspecified atom stereocenters. The third-order valence-electron chi connectivity index (χ3n) is 5.28. The lowest BCUT2D eigenvalue weighted by atomic mass is 9.89. The SMILES string of the molecule is CC(C)CC1CN(CCn2cccn2)C2(CCCC2)CN1. The first-order valence-corrected chi connectivity index (χ1v) is 8.64. The van der Waals surface area contributed by atoms with Gasteiger partial charge in [-0.05, 0) is 31.2 Å². The van der Waals surface area contributed by atoms with E-state index in [1.165, 1.54) is 45.2 Å². The molecule has 21 heavy (non-hydrogen) atoms. The molecule has 4 heteroatoms. The van der Waals surface area contributed by atoms with Gasteiger partial charge in [0.1, 0.15) is 0 Å². The number of hydrogen-bond donors (Lipinski definition) is 1. The van der Waals surface area contributed by atoms with Crippen LogP contribution in [0.3, 0.4) is 0 Å². The van der Waals surface area contributed by atoms with Gasteiger partial charge in [0.25, 0.3) is 0 Å². The van der Waals surface area contributed by atoms with Gasteiger partial charge in [0.15, 0.2) is 0 Å². The molecular formula is C17H30N4. The highest BCUT2D eigenvalue weighted by Crippen LogP contribution is 2.37. The number of rotatable bonds is 5. The Morgan fingerprint density at radius 3 is 2.76 bits per heavy atom. The molecule has 0 amide bonds. The second kappa shape index (κ2) is 6.49. The minimum atomic E-state index is 0.431. The fourth-order valence-electron chi connectivity index (χ4n) is 4.21. The van der Waals surface area contributed by atoms with Crippen LogP contribution in [0, 0.1) is 5.92 Å². The second-order valence-electron chi connectivity index (χ2n) is 7.35. The Morgan fingerprint density at radius 2 is 2.10 bits per heavy atom. The fourth-order valence-corrected chi connectivity index (χ4v) is 4.21. The quantitative estimate of drug-likeness (QED) is 0.904. The van der Waals surface area contributed by atoms with E-state index in [2.05, 4.69) is 40.0 Å². The Kier molecular flexibility index (Phi) is 4.65. The van der Waals surface area contributed by atoms with Gasteiger partial charge in [0.05, 0.1) is 6.54 Å². The lowest BCUT2D eigenvalue weighted by molar-refractivity contribution is 0.0349. The molecule has 1 aromatic heterocycles. The molecule has 1 aromatic rings. The average Bonchev–Trinajstić information content (AvgIpc) is 3.11. The van der Waals surface area contributed by atoms with E-state index in [0.29, 0.717) is 11.6 Å². The maximum Gasteiger partial charge on any atom is 0.0536 e. The number of hydrogen-bond acceptors (Lipinski definition) is 3. The zero-order valence-corrected chi connectivity index (χ0v) is 13.6. The predicted octanol–water partition coefficient (Wildman–Crippen LogP) is 2.52. The molecule has 1 atom stereocenters. The standard InChI is InChI=1S/C17H30N4/c1-15(2)12-16-13-20(10-11-21-9-5-8-19-21)17(14-18-16)6-3-4-7-17/h5,8-9,15-16,18H,3-4,6-7,10-14H2,1-2H3. The molecule has 1 N–H and O–H groups in total. The lowest BCUT2D eigenvalue weighted by Gasteiger charge is -2.48. The van der Waals surface area contributed by atoms with Crippen LogP contribution in [-0.4, -0.2) is 45.9 Å². The molecule has 1 spiro atoms. The summed E-state index contributed by atoms with van der Waals surface area (Å²) in [7, 11) is 0. The van der Waals surface area contributed by atoms with E-state index >= 15 is 0 Å². The first kappa shape index (κ1) is 15.0. The van der Waals surface area contributed by atoms with Crippen LogP contribution < -0.4 is 5.32 Å². The van der Waals surface area contributed by atoms with Gasteiger partial charge in [0, 0.05) is 43.6 Å². The van der Waals surface area contributed by atoms with E-state index in [4.69, 9.17) is 0 Å². The monoisotopic (exact) mass is 290 g/mol. The van der Waals surface area contributed by atoms with E-state index in [-0.39, 0.29) is 0 Å². The van der Waals surface area contributed by atoms with Crippen molar-refractivity contribution in [2.24, 2.45) is 5.92 Å². The highest BCUT2D eigenvalue weighted by Gasteiger charge is 2.43. The van der Waals surface area contributed by atoms with Crippen LogP contribution in [0.2, 0.25) is 0 Å². The first-order valence-electron chi connectivity index (χ1n) is 8.64. The van der Waals surface area contributed by atoms with Crippen molar-refractivity contribution in [1.29, 1.82) is 0 Å². The summed E-state index contributed by atoms with van der Waals surface area (Å²) in [6, 6.07) is 2.68. The normalized spacial score (nSPS) is 26.0. The van der Waals surface area contributed by atoms with Crippen molar-refractivity contribution in [3.8, 4) is 0 Å². The molecule has 0 bridgehead atoms. The molecule has 2 fully saturated rings. The highest BCUT2D eigenvalue weighted by atomic mass is 15.3. The van der Waals surface area contributed by atoms with Crippen molar-refractivity contribution in [3.05, 3.63) is 18.5 Å². The Balaban J connectivity index is 1.64. The highest BCUT2D eigenvalue weighted by molar-refractivity contribution is 5.01. The fraction of sp³-hybridized carbons (Fsp3) is 0.824.